The second-order valence-electron chi connectivity index (χ2n) is 5.20. The predicted octanol–water partition coefficient (Wildman–Crippen LogP) is 1.87. The monoisotopic (exact) mass is 335 g/mol. The van der Waals surface area contributed by atoms with E-state index in [-0.39, 0.29) is 23.0 Å². The second-order valence-corrected chi connectivity index (χ2v) is 5.20. The summed E-state index contributed by atoms with van der Waals surface area (Å²) in [6.45, 7) is 1.97. The maximum absolute atomic E-state index is 11.1. The second kappa shape index (κ2) is 6.29. The van der Waals surface area contributed by atoms with E-state index in [9.17, 15) is 10.1 Å². The van der Waals surface area contributed by atoms with Crippen molar-refractivity contribution >= 4 is 23.3 Å². The molecule has 0 saturated heterocycles. The minimum Gasteiger partial charge on any atom is -0.477 e. The summed E-state index contributed by atoms with van der Waals surface area (Å²) in [5.74, 6) is -0.974. The molecule has 0 radical (unpaired) electrons. The highest BCUT2D eigenvalue weighted by Crippen LogP contribution is 2.19. The van der Waals surface area contributed by atoms with Gasteiger partial charge in [-0.3, -0.25) is 0 Å². The van der Waals surface area contributed by atoms with Crippen LogP contribution in [0.15, 0.2) is 36.5 Å². The Morgan fingerprint density at radius 2 is 2.04 bits per heavy atom. The summed E-state index contributed by atoms with van der Waals surface area (Å²) >= 11 is 0. The zero-order chi connectivity index (χ0) is 18.0. The molecular formula is C16H13N7O2. The lowest BCUT2D eigenvalue weighted by Gasteiger charge is -2.09. The van der Waals surface area contributed by atoms with Crippen LogP contribution in [-0.4, -0.2) is 30.8 Å². The molecule has 3 rings (SSSR count). The number of hydrogen-bond donors (Lipinski definition) is 3. The van der Waals surface area contributed by atoms with E-state index in [1.807, 2.05) is 37.3 Å². The number of nitrogens with two attached hydrogens (primary N) is 1. The van der Waals surface area contributed by atoms with Gasteiger partial charge in [0.1, 0.15) is 29.0 Å². The van der Waals surface area contributed by atoms with Crippen molar-refractivity contribution in [2.45, 2.75) is 6.92 Å². The Balaban J connectivity index is 2.02. The van der Waals surface area contributed by atoms with Gasteiger partial charge in [-0.15, -0.1) is 0 Å². The predicted molar refractivity (Wildman–Crippen MR) is 89.7 cm³/mol. The minimum absolute atomic E-state index is 0.00124. The maximum atomic E-state index is 11.1. The molecule has 2 heterocycles. The van der Waals surface area contributed by atoms with Crippen LogP contribution in [0.2, 0.25) is 0 Å². The van der Waals surface area contributed by atoms with Crippen LogP contribution in [0.3, 0.4) is 0 Å². The van der Waals surface area contributed by atoms with Crippen molar-refractivity contribution in [1.82, 2.24) is 19.7 Å². The molecule has 0 atom stereocenters. The molecule has 3 aromatic rings. The molecule has 0 aliphatic rings. The number of aromatic nitrogens is 4. The lowest BCUT2D eigenvalue weighted by molar-refractivity contribution is 0.0698. The van der Waals surface area contributed by atoms with Crippen molar-refractivity contribution < 1.29 is 9.90 Å². The highest BCUT2D eigenvalue weighted by atomic mass is 16.4. The van der Waals surface area contributed by atoms with Crippen LogP contribution in [0.5, 0.6) is 0 Å². The summed E-state index contributed by atoms with van der Waals surface area (Å²) in [7, 11) is 0. The number of nitrogens with zero attached hydrogens (tertiary/aromatic N) is 5. The van der Waals surface area contributed by atoms with Crippen LogP contribution >= 0.6 is 0 Å². The molecule has 0 aliphatic carbocycles. The third-order valence-corrected chi connectivity index (χ3v) is 3.38. The molecular weight excluding hydrogens is 322 g/mol. The number of benzene rings is 1. The average molecular weight is 335 g/mol. The molecule has 0 spiro atoms. The van der Waals surface area contributed by atoms with Crippen LogP contribution in [0, 0.1) is 18.3 Å². The molecule has 9 nitrogen and oxygen atoms in total. The summed E-state index contributed by atoms with van der Waals surface area (Å²) in [4.78, 5) is 19.4. The molecule has 2 aromatic heterocycles. The average Bonchev–Trinajstić information content (AvgIpc) is 2.98. The van der Waals surface area contributed by atoms with Crippen LogP contribution in [-0.2, 0) is 0 Å². The number of carbonyl (C=O) groups is 1. The Hall–Kier alpha value is -3.93. The number of aryl methyl sites for hydroxylation is 1. The van der Waals surface area contributed by atoms with E-state index < -0.39 is 5.97 Å². The van der Waals surface area contributed by atoms with Gasteiger partial charge < -0.3 is 16.2 Å². The summed E-state index contributed by atoms with van der Waals surface area (Å²) in [5, 5.41) is 25.2. The van der Waals surface area contributed by atoms with Gasteiger partial charge >= 0.3 is 5.97 Å². The van der Waals surface area contributed by atoms with Gasteiger partial charge in [-0.25, -0.2) is 4.79 Å². The largest absolute Gasteiger partial charge is 0.477 e. The Morgan fingerprint density at radius 1 is 1.32 bits per heavy atom. The lowest BCUT2D eigenvalue weighted by atomic mass is 10.2. The molecule has 0 fully saturated rings. The fourth-order valence-corrected chi connectivity index (χ4v) is 2.12. The van der Waals surface area contributed by atoms with Crippen molar-refractivity contribution in [3.05, 3.63) is 53.3 Å². The fraction of sp³-hybridized carbons (Fsp3) is 0.0625. The number of carboxylic acids is 1. The lowest BCUT2D eigenvalue weighted by Crippen LogP contribution is -2.10. The Bertz CT molecular complexity index is 987. The first kappa shape index (κ1) is 15.9. The number of nitriles is 1. The van der Waals surface area contributed by atoms with Gasteiger partial charge in [-0.1, -0.05) is 17.7 Å². The Labute approximate surface area is 142 Å². The van der Waals surface area contributed by atoms with E-state index in [2.05, 4.69) is 20.4 Å². The molecule has 1 aromatic carbocycles. The first-order chi connectivity index (χ1) is 12.0. The first-order valence-electron chi connectivity index (χ1n) is 7.18. The van der Waals surface area contributed by atoms with E-state index in [0.717, 1.165) is 22.1 Å². The van der Waals surface area contributed by atoms with Crippen LogP contribution in [0.1, 0.15) is 21.6 Å². The fourth-order valence-electron chi connectivity index (χ4n) is 2.12. The number of carboxylic acid groups (broad SMARTS) is 1. The normalized spacial score (nSPS) is 10.2. The van der Waals surface area contributed by atoms with Gasteiger partial charge in [-0.2, -0.15) is 25.0 Å². The van der Waals surface area contributed by atoms with Crippen molar-refractivity contribution in [2.75, 3.05) is 11.1 Å². The maximum Gasteiger partial charge on any atom is 0.341 e. The zero-order valence-corrected chi connectivity index (χ0v) is 13.1. The van der Waals surface area contributed by atoms with Gasteiger partial charge in [0.25, 0.3) is 5.95 Å². The smallest absolute Gasteiger partial charge is 0.341 e. The molecule has 0 unspecified atom stereocenters. The number of aromatic carboxylic acids is 1. The van der Waals surface area contributed by atoms with E-state index in [1.165, 1.54) is 6.07 Å². The molecule has 0 aliphatic heterocycles. The highest BCUT2D eigenvalue weighted by Gasteiger charge is 2.17. The SMILES string of the molecule is Cc1ccc(Nc2cc(C#N)nc(-n3ncc(C(=O)O)c3N)n2)cc1. The van der Waals surface area contributed by atoms with Gasteiger partial charge in [0.15, 0.2) is 0 Å². The van der Waals surface area contributed by atoms with E-state index in [4.69, 9.17) is 10.8 Å². The van der Waals surface area contributed by atoms with E-state index in [0.29, 0.717) is 5.82 Å². The number of nitrogens with one attached hydrogen (secondary N) is 1. The van der Waals surface area contributed by atoms with Crippen molar-refractivity contribution in [1.29, 1.82) is 5.26 Å². The summed E-state index contributed by atoms with van der Waals surface area (Å²) < 4.78 is 1.07. The quantitative estimate of drug-likeness (QED) is 0.655. The van der Waals surface area contributed by atoms with Gasteiger partial charge in [-0.05, 0) is 19.1 Å². The van der Waals surface area contributed by atoms with Crippen molar-refractivity contribution in [3.63, 3.8) is 0 Å². The van der Waals surface area contributed by atoms with Gasteiger partial charge in [0.05, 0.1) is 6.20 Å². The third kappa shape index (κ3) is 3.23. The summed E-state index contributed by atoms with van der Waals surface area (Å²) in [6.07, 6.45) is 1.10. The van der Waals surface area contributed by atoms with E-state index >= 15 is 0 Å². The van der Waals surface area contributed by atoms with Gasteiger partial charge in [0.2, 0.25) is 0 Å². The van der Waals surface area contributed by atoms with Gasteiger partial charge in [0, 0.05) is 11.8 Å². The molecule has 0 saturated carbocycles. The molecule has 124 valence electrons. The van der Waals surface area contributed by atoms with Crippen LogP contribution in [0.4, 0.5) is 17.3 Å². The molecule has 25 heavy (non-hydrogen) atoms. The number of anilines is 3. The zero-order valence-electron chi connectivity index (χ0n) is 13.1. The standard InChI is InChI=1S/C16H13N7O2/c1-9-2-4-10(5-3-9)20-13-6-11(7-17)21-16(22-13)23-14(18)12(8-19-23)15(24)25/h2-6,8H,18H2,1H3,(H,24,25)(H,20,21,22). The Kier molecular flexibility index (Phi) is 4.01. The van der Waals surface area contributed by atoms with Crippen LogP contribution < -0.4 is 11.1 Å². The molecule has 0 bridgehead atoms. The first-order valence-corrected chi connectivity index (χ1v) is 7.18. The summed E-state index contributed by atoms with van der Waals surface area (Å²) in [5.41, 5.74) is 7.59. The summed E-state index contributed by atoms with van der Waals surface area (Å²) in [6, 6.07) is 11.0. The third-order valence-electron chi connectivity index (χ3n) is 3.38. The minimum atomic E-state index is -1.21. The number of rotatable bonds is 4. The highest BCUT2D eigenvalue weighted by molar-refractivity contribution is 5.92. The van der Waals surface area contributed by atoms with E-state index in [1.54, 1.807) is 0 Å². The number of hydrogen-bond acceptors (Lipinski definition) is 7. The topological polar surface area (TPSA) is 143 Å². The Morgan fingerprint density at radius 3 is 2.64 bits per heavy atom. The molecule has 4 N–H and O–H groups in total. The van der Waals surface area contributed by atoms with Crippen LogP contribution in [0.25, 0.3) is 5.95 Å². The molecule has 0 amide bonds. The number of nitrogen functional groups attached to an aromatic ring is 1. The van der Waals surface area contributed by atoms with Crippen molar-refractivity contribution in [2.24, 2.45) is 0 Å². The van der Waals surface area contributed by atoms with Crippen molar-refractivity contribution in [3.8, 4) is 12.0 Å². The molecule has 9 heteroatoms.